The highest BCUT2D eigenvalue weighted by Gasteiger charge is 2.30. The van der Waals surface area contributed by atoms with E-state index in [2.05, 4.69) is 32.7 Å². The molecular weight excluding hydrogens is 145 g/mol. The van der Waals surface area contributed by atoms with Crippen molar-refractivity contribution in [1.82, 2.24) is 4.90 Å². The van der Waals surface area contributed by atoms with E-state index in [1.54, 1.807) is 0 Å². The lowest BCUT2D eigenvalue weighted by molar-refractivity contribution is 0.118. The van der Waals surface area contributed by atoms with Gasteiger partial charge in [0.2, 0.25) is 0 Å². The van der Waals surface area contributed by atoms with Crippen LogP contribution >= 0.6 is 0 Å². The highest BCUT2D eigenvalue weighted by Crippen LogP contribution is 2.35. The molecule has 0 aliphatic carbocycles. The molecule has 2 atom stereocenters. The molecule has 0 bridgehead atoms. The van der Waals surface area contributed by atoms with E-state index in [1.807, 2.05) is 0 Å². The summed E-state index contributed by atoms with van der Waals surface area (Å²) in [4.78, 5) is 2.35. The zero-order chi connectivity index (χ0) is 9.35. The van der Waals surface area contributed by atoms with Crippen molar-refractivity contribution in [1.29, 1.82) is 0 Å². The second-order valence-corrected chi connectivity index (χ2v) is 5.28. The molecule has 1 rings (SSSR count). The van der Waals surface area contributed by atoms with E-state index in [9.17, 15) is 0 Å². The van der Waals surface area contributed by atoms with Gasteiger partial charge in [0, 0.05) is 6.54 Å². The Labute approximate surface area is 77.9 Å². The maximum atomic E-state index is 5.97. The topological polar surface area (TPSA) is 3.24 Å². The van der Waals surface area contributed by atoms with Crippen LogP contribution in [-0.4, -0.2) is 32.9 Å². The molecule has 1 aliphatic rings. The number of hydrogen-bond donors (Lipinski definition) is 0. The summed E-state index contributed by atoms with van der Waals surface area (Å²) in [5, 5.41) is 0. The van der Waals surface area contributed by atoms with Crippen LogP contribution in [0.1, 0.15) is 27.2 Å². The summed E-state index contributed by atoms with van der Waals surface area (Å²) < 4.78 is 0. The Kier molecular flexibility index (Phi) is 2.87. The molecule has 2 radical (unpaired) electrons. The lowest BCUT2D eigenvalue weighted by atomic mass is 9.68. The second kappa shape index (κ2) is 3.41. The third-order valence-corrected chi connectivity index (χ3v) is 2.89. The monoisotopic (exact) mass is 165 g/mol. The Morgan fingerprint density at radius 2 is 1.83 bits per heavy atom. The maximum absolute atomic E-state index is 5.97. The van der Waals surface area contributed by atoms with Gasteiger partial charge < -0.3 is 4.90 Å². The number of likely N-dealkylation sites (tertiary alicyclic amines) is 1. The summed E-state index contributed by atoms with van der Waals surface area (Å²) in [5.74, 6) is 1.14. The first-order valence-electron chi connectivity index (χ1n) is 4.83. The molecule has 1 aliphatic heterocycles. The zero-order valence-corrected chi connectivity index (χ0v) is 8.80. The molecular formula is C10H20BN. The molecule has 0 N–H and O–H groups in total. The van der Waals surface area contributed by atoms with E-state index in [0.29, 0.717) is 11.2 Å². The predicted octanol–water partition coefficient (Wildman–Crippen LogP) is 1.94. The van der Waals surface area contributed by atoms with Gasteiger partial charge in [-0.1, -0.05) is 33.0 Å². The van der Waals surface area contributed by atoms with E-state index in [1.165, 1.54) is 13.0 Å². The van der Waals surface area contributed by atoms with Crippen molar-refractivity contribution in [2.75, 3.05) is 20.1 Å². The van der Waals surface area contributed by atoms with Gasteiger partial charge in [-0.05, 0) is 24.9 Å². The molecule has 1 nitrogen and oxygen atoms in total. The Morgan fingerprint density at radius 1 is 1.25 bits per heavy atom. The highest BCUT2D eigenvalue weighted by atomic mass is 15.1. The van der Waals surface area contributed by atoms with Crippen LogP contribution in [0.5, 0.6) is 0 Å². The second-order valence-electron chi connectivity index (χ2n) is 5.28. The Balaban J connectivity index is 2.55. The van der Waals surface area contributed by atoms with Gasteiger partial charge in [0.1, 0.15) is 0 Å². The smallest absolute Gasteiger partial charge is 0.0717 e. The van der Waals surface area contributed by atoms with E-state index in [0.717, 1.165) is 12.5 Å². The molecule has 0 aromatic heterocycles. The molecule has 1 saturated heterocycles. The normalized spacial score (nSPS) is 33.7. The standard InChI is InChI=1S/C10H20BN/c1-10(2,3)8-5-9(11)7-12(4)6-8/h8-9H,5-7H2,1-4H3. The van der Waals surface area contributed by atoms with Crippen LogP contribution in [0.3, 0.4) is 0 Å². The third kappa shape index (κ3) is 2.51. The fraction of sp³-hybridized carbons (Fsp3) is 1.00. The number of hydrogen-bond acceptors (Lipinski definition) is 1. The summed E-state index contributed by atoms with van der Waals surface area (Å²) in [6, 6.07) is 0. The van der Waals surface area contributed by atoms with Crippen LogP contribution in [0.2, 0.25) is 5.82 Å². The van der Waals surface area contributed by atoms with Gasteiger partial charge in [-0.2, -0.15) is 0 Å². The molecule has 2 heteroatoms. The molecule has 1 fully saturated rings. The van der Waals surface area contributed by atoms with Gasteiger partial charge in [-0.15, -0.1) is 0 Å². The predicted molar refractivity (Wildman–Crippen MR) is 54.6 cm³/mol. The first-order chi connectivity index (χ1) is 5.39. The van der Waals surface area contributed by atoms with Crippen molar-refractivity contribution in [3.63, 3.8) is 0 Å². The van der Waals surface area contributed by atoms with Gasteiger partial charge in [-0.3, -0.25) is 0 Å². The van der Waals surface area contributed by atoms with Gasteiger partial charge in [0.05, 0.1) is 7.85 Å². The average Bonchev–Trinajstić information content (AvgIpc) is 1.82. The largest absolute Gasteiger partial charge is 0.307 e. The zero-order valence-electron chi connectivity index (χ0n) is 8.80. The fourth-order valence-corrected chi connectivity index (χ4v) is 1.99. The molecule has 0 aromatic rings. The van der Waals surface area contributed by atoms with Crippen molar-refractivity contribution >= 4 is 7.85 Å². The van der Waals surface area contributed by atoms with Crippen LogP contribution in [0, 0.1) is 11.3 Å². The van der Waals surface area contributed by atoms with E-state index < -0.39 is 0 Å². The van der Waals surface area contributed by atoms with Gasteiger partial charge in [0.15, 0.2) is 0 Å². The van der Waals surface area contributed by atoms with Crippen LogP contribution in [-0.2, 0) is 0 Å². The van der Waals surface area contributed by atoms with Crippen LogP contribution in [0.4, 0.5) is 0 Å². The molecule has 68 valence electrons. The highest BCUT2D eigenvalue weighted by molar-refractivity contribution is 6.11. The van der Waals surface area contributed by atoms with Crippen molar-refractivity contribution in [3.8, 4) is 0 Å². The van der Waals surface area contributed by atoms with E-state index >= 15 is 0 Å². The Bertz CT molecular complexity index is 140. The Hall–Kier alpha value is 0.0249. The first kappa shape index (κ1) is 10.1. The number of nitrogens with zero attached hydrogens (tertiary/aromatic N) is 1. The third-order valence-electron chi connectivity index (χ3n) is 2.89. The van der Waals surface area contributed by atoms with E-state index in [4.69, 9.17) is 7.85 Å². The average molecular weight is 165 g/mol. The summed E-state index contributed by atoms with van der Waals surface area (Å²) in [5.41, 5.74) is 0.409. The summed E-state index contributed by atoms with van der Waals surface area (Å²) in [6.45, 7) is 9.19. The lowest BCUT2D eigenvalue weighted by Gasteiger charge is -2.41. The molecule has 0 saturated carbocycles. The van der Waals surface area contributed by atoms with Crippen molar-refractivity contribution in [3.05, 3.63) is 0 Å². The minimum Gasteiger partial charge on any atom is -0.307 e. The van der Waals surface area contributed by atoms with Crippen LogP contribution in [0.15, 0.2) is 0 Å². The van der Waals surface area contributed by atoms with Crippen LogP contribution < -0.4 is 0 Å². The molecule has 1 heterocycles. The maximum Gasteiger partial charge on any atom is 0.0717 e. The minimum atomic E-state index is 0.382. The first-order valence-corrected chi connectivity index (χ1v) is 4.83. The number of piperidine rings is 1. The van der Waals surface area contributed by atoms with Gasteiger partial charge >= 0.3 is 0 Å². The number of rotatable bonds is 0. The van der Waals surface area contributed by atoms with E-state index in [-0.39, 0.29) is 0 Å². The summed E-state index contributed by atoms with van der Waals surface area (Å²) in [7, 11) is 8.14. The van der Waals surface area contributed by atoms with Gasteiger partial charge in [0.25, 0.3) is 0 Å². The van der Waals surface area contributed by atoms with Gasteiger partial charge in [-0.25, -0.2) is 0 Å². The fourth-order valence-electron chi connectivity index (χ4n) is 1.99. The summed E-state index contributed by atoms with van der Waals surface area (Å²) >= 11 is 0. The molecule has 0 aromatic carbocycles. The lowest BCUT2D eigenvalue weighted by Crippen LogP contribution is -2.40. The summed E-state index contributed by atoms with van der Waals surface area (Å²) in [6.07, 6.45) is 1.19. The van der Waals surface area contributed by atoms with Crippen LogP contribution in [0.25, 0.3) is 0 Å². The SMILES string of the molecule is [B]C1CC(C(C)(C)C)CN(C)C1. The van der Waals surface area contributed by atoms with Crippen molar-refractivity contribution in [2.24, 2.45) is 11.3 Å². The Morgan fingerprint density at radius 3 is 2.25 bits per heavy atom. The molecule has 0 amide bonds. The van der Waals surface area contributed by atoms with Crippen molar-refractivity contribution in [2.45, 2.75) is 33.0 Å². The molecule has 12 heavy (non-hydrogen) atoms. The quantitative estimate of drug-likeness (QED) is 0.496. The van der Waals surface area contributed by atoms with Crippen molar-refractivity contribution < 1.29 is 0 Å². The molecule has 0 spiro atoms. The molecule has 2 unspecified atom stereocenters. The minimum absolute atomic E-state index is 0.382.